The number of allylic oxidation sites excluding steroid dienone is 1. The normalized spacial score (nSPS) is 16.0. The van der Waals surface area contributed by atoms with Crippen LogP contribution < -0.4 is 14.9 Å². The van der Waals surface area contributed by atoms with E-state index in [1.807, 2.05) is 48.7 Å². The second-order valence-electron chi connectivity index (χ2n) is 7.13. The fraction of sp³-hybridized carbons (Fsp3) is 0.208. The summed E-state index contributed by atoms with van der Waals surface area (Å²) in [7, 11) is 0. The molecule has 0 fully saturated rings. The Balaban J connectivity index is 1.92. The van der Waals surface area contributed by atoms with Crippen molar-refractivity contribution < 1.29 is 9.53 Å². The van der Waals surface area contributed by atoms with Crippen molar-refractivity contribution in [2.45, 2.75) is 24.8 Å². The first-order valence-electron chi connectivity index (χ1n) is 10.0. The minimum absolute atomic E-state index is 0.197. The monoisotopic (exact) mass is 484 g/mol. The van der Waals surface area contributed by atoms with E-state index >= 15 is 0 Å². The number of esters is 1. The van der Waals surface area contributed by atoms with Gasteiger partial charge in [0.15, 0.2) is 4.80 Å². The Hall–Kier alpha value is -2.61. The summed E-state index contributed by atoms with van der Waals surface area (Å²) in [6.45, 7) is 3.76. The van der Waals surface area contributed by atoms with Gasteiger partial charge in [-0.3, -0.25) is 9.36 Å². The highest BCUT2D eigenvalue weighted by Gasteiger charge is 2.33. The fourth-order valence-electron chi connectivity index (χ4n) is 3.60. The number of benzene rings is 2. The highest BCUT2D eigenvalue weighted by Crippen LogP contribution is 2.31. The van der Waals surface area contributed by atoms with E-state index in [2.05, 4.69) is 4.99 Å². The molecule has 2 aromatic carbocycles. The molecular formula is C24H21ClN2O3S2. The first-order chi connectivity index (χ1) is 15.4. The van der Waals surface area contributed by atoms with Crippen molar-refractivity contribution in [3.05, 3.63) is 95.6 Å². The van der Waals surface area contributed by atoms with Gasteiger partial charge >= 0.3 is 5.97 Å². The Labute approximate surface area is 198 Å². The van der Waals surface area contributed by atoms with E-state index in [1.54, 1.807) is 42.3 Å². The van der Waals surface area contributed by atoms with Crippen LogP contribution in [0.15, 0.2) is 74.5 Å². The van der Waals surface area contributed by atoms with Crippen molar-refractivity contribution in [3.63, 3.8) is 0 Å². The SMILES string of the molecule is CCOC(=O)C1=C(C)N=c2s/c(=C\c3ccc(SC)cc3)c(=O)n2C1c1ccc(Cl)cc1. The molecule has 3 aromatic rings. The largest absolute Gasteiger partial charge is 0.463 e. The highest BCUT2D eigenvalue weighted by molar-refractivity contribution is 7.98. The second-order valence-corrected chi connectivity index (χ2v) is 9.45. The summed E-state index contributed by atoms with van der Waals surface area (Å²) in [5.41, 5.74) is 2.40. The topological polar surface area (TPSA) is 60.7 Å². The number of nitrogens with zero attached hydrogens (tertiary/aromatic N) is 2. The number of carbonyl (C=O) groups excluding carboxylic acids is 1. The van der Waals surface area contributed by atoms with Crippen LogP contribution in [0.1, 0.15) is 31.0 Å². The zero-order chi connectivity index (χ0) is 22.8. The Morgan fingerprint density at radius 1 is 1.22 bits per heavy atom. The van der Waals surface area contributed by atoms with Gasteiger partial charge in [-0.2, -0.15) is 0 Å². The average Bonchev–Trinajstić information content (AvgIpc) is 3.08. The molecule has 1 unspecified atom stereocenters. The third-order valence-corrected chi connectivity index (χ3v) is 7.09. The average molecular weight is 485 g/mol. The van der Waals surface area contributed by atoms with Gasteiger partial charge in [0.25, 0.3) is 5.56 Å². The maximum absolute atomic E-state index is 13.5. The quantitative estimate of drug-likeness (QED) is 0.403. The van der Waals surface area contributed by atoms with Gasteiger partial charge in [0.2, 0.25) is 0 Å². The van der Waals surface area contributed by atoms with Gasteiger partial charge in [0.05, 0.1) is 28.5 Å². The van der Waals surface area contributed by atoms with Crippen LogP contribution in [0, 0.1) is 0 Å². The highest BCUT2D eigenvalue weighted by atomic mass is 35.5. The summed E-state index contributed by atoms with van der Waals surface area (Å²) in [5.74, 6) is -0.476. The summed E-state index contributed by atoms with van der Waals surface area (Å²) in [4.78, 5) is 32.6. The van der Waals surface area contributed by atoms with Crippen molar-refractivity contribution in [2.75, 3.05) is 12.9 Å². The van der Waals surface area contributed by atoms with Gasteiger partial charge < -0.3 is 4.74 Å². The fourth-order valence-corrected chi connectivity index (χ4v) is 5.18. The van der Waals surface area contributed by atoms with E-state index in [4.69, 9.17) is 16.3 Å². The van der Waals surface area contributed by atoms with Gasteiger partial charge in [-0.15, -0.1) is 11.8 Å². The van der Waals surface area contributed by atoms with Crippen LogP contribution in [-0.2, 0) is 9.53 Å². The van der Waals surface area contributed by atoms with Crippen LogP contribution in [0.4, 0.5) is 0 Å². The lowest BCUT2D eigenvalue weighted by atomic mass is 9.96. The molecule has 0 amide bonds. The number of thioether (sulfide) groups is 1. The number of aromatic nitrogens is 1. The Morgan fingerprint density at radius 3 is 2.53 bits per heavy atom. The number of ether oxygens (including phenoxy) is 1. The minimum Gasteiger partial charge on any atom is -0.463 e. The van der Waals surface area contributed by atoms with Crippen LogP contribution in [0.5, 0.6) is 0 Å². The van der Waals surface area contributed by atoms with Crippen molar-refractivity contribution in [1.29, 1.82) is 0 Å². The van der Waals surface area contributed by atoms with Crippen LogP contribution in [-0.4, -0.2) is 23.4 Å². The number of fused-ring (bicyclic) bond motifs is 1. The predicted molar refractivity (Wildman–Crippen MR) is 130 cm³/mol. The van der Waals surface area contributed by atoms with E-state index in [-0.39, 0.29) is 12.2 Å². The number of rotatable bonds is 5. The van der Waals surface area contributed by atoms with Crippen molar-refractivity contribution >= 4 is 46.7 Å². The maximum Gasteiger partial charge on any atom is 0.338 e. The van der Waals surface area contributed by atoms with Crippen LogP contribution in [0.2, 0.25) is 5.02 Å². The Bertz CT molecular complexity index is 1370. The number of hydrogen-bond acceptors (Lipinski definition) is 6. The molecule has 0 aliphatic carbocycles. The smallest absolute Gasteiger partial charge is 0.338 e. The van der Waals surface area contributed by atoms with Gasteiger partial charge in [-0.25, -0.2) is 9.79 Å². The molecule has 0 saturated heterocycles. The molecule has 4 rings (SSSR count). The lowest BCUT2D eigenvalue weighted by molar-refractivity contribution is -0.139. The summed E-state index contributed by atoms with van der Waals surface area (Å²) in [6.07, 6.45) is 3.88. The third-order valence-electron chi connectivity index (χ3n) is 5.12. The van der Waals surface area contributed by atoms with E-state index in [0.717, 1.165) is 16.0 Å². The van der Waals surface area contributed by atoms with Gasteiger partial charge in [0.1, 0.15) is 0 Å². The molecule has 5 nitrogen and oxygen atoms in total. The number of hydrogen-bond donors (Lipinski definition) is 0. The third kappa shape index (κ3) is 4.33. The Morgan fingerprint density at radius 2 is 1.91 bits per heavy atom. The summed E-state index contributed by atoms with van der Waals surface area (Å²) in [5, 5.41) is 0.577. The van der Waals surface area contributed by atoms with E-state index in [0.29, 0.717) is 25.6 Å². The molecule has 1 aliphatic rings. The summed E-state index contributed by atoms with van der Waals surface area (Å²) in [6, 6.07) is 14.5. The molecule has 0 saturated carbocycles. The molecule has 0 N–H and O–H groups in total. The molecule has 1 atom stereocenters. The number of thiazole rings is 1. The molecule has 0 radical (unpaired) electrons. The number of halogens is 1. The van der Waals surface area contributed by atoms with E-state index < -0.39 is 12.0 Å². The molecule has 0 spiro atoms. The lowest BCUT2D eigenvalue weighted by Crippen LogP contribution is -2.39. The first-order valence-corrected chi connectivity index (χ1v) is 12.4. The van der Waals surface area contributed by atoms with E-state index in [1.165, 1.54) is 11.3 Å². The van der Waals surface area contributed by atoms with Crippen molar-refractivity contribution in [1.82, 2.24) is 4.57 Å². The van der Waals surface area contributed by atoms with Gasteiger partial charge in [0, 0.05) is 9.92 Å². The molecule has 0 bridgehead atoms. The standard InChI is InChI=1S/C24H21ClN2O3S2/c1-4-30-23(29)20-14(2)26-24-27(21(20)16-7-9-17(25)10-8-16)22(28)19(32-24)13-15-5-11-18(31-3)12-6-15/h5-13,21H,4H2,1-3H3/b19-13-. The van der Waals surface area contributed by atoms with Crippen LogP contribution in [0.3, 0.4) is 0 Å². The molecule has 32 heavy (non-hydrogen) atoms. The predicted octanol–water partition coefficient (Wildman–Crippen LogP) is 4.17. The van der Waals surface area contributed by atoms with Crippen LogP contribution in [0.25, 0.3) is 6.08 Å². The van der Waals surface area contributed by atoms with Crippen LogP contribution >= 0.6 is 34.7 Å². The maximum atomic E-state index is 13.5. The second kappa shape index (κ2) is 9.48. The molecule has 2 heterocycles. The van der Waals surface area contributed by atoms with E-state index in [9.17, 15) is 9.59 Å². The molecular weight excluding hydrogens is 464 g/mol. The lowest BCUT2D eigenvalue weighted by Gasteiger charge is -2.24. The van der Waals surface area contributed by atoms with Gasteiger partial charge in [-0.05, 0) is 61.6 Å². The summed E-state index contributed by atoms with van der Waals surface area (Å²) >= 11 is 9.05. The molecule has 164 valence electrons. The molecule has 8 heteroatoms. The number of carbonyl (C=O) groups is 1. The Kier molecular flexibility index (Phi) is 6.69. The molecule has 1 aromatic heterocycles. The van der Waals surface area contributed by atoms with Crippen molar-refractivity contribution in [3.8, 4) is 0 Å². The van der Waals surface area contributed by atoms with Crippen molar-refractivity contribution in [2.24, 2.45) is 4.99 Å². The first kappa shape index (κ1) is 22.6. The zero-order valence-corrected chi connectivity index (χ0v) is 20.2. The zero-order valence-electron chi connectivity index (χ0n) is 17.8. The van der Waals surface area contributed by atoms with Gasteiger partial charge in [-0.1, -0.05) is 47.2 Å². The molecule has 1 aliphatic heterocycles. The summed E-state index contributed by atoms with van der Waals surface area (Å²) < 4.78 is 7.43. The minimum atomic E-state index is -0.636.